The van der Waals surface area contributed by atoms with Gasteiger partial charge in [0.05, 0.1) is 5.56 Å². The molecule has 1 heterocycles. The first-order valence-electron chi connectivity index (χ1n) is 6.14. The monoisotopic (exact) mass is 293 g/mol. The Morgan fingerprint density at radius 2 is 1.89 bits per heavy atom. The third kappa shape index (κ3) is 4.28. The molecule has 0 radical (unpaired) electrons. The van der Waals surface area contributed by atoms with Gasteiger partial charge in [0.2, 0.25) is 0 Å². The van der Waals surface area contributed by atoms with E-state index in [1.165, 1.54) is 6.07 Å². The van der Waals surface area contributed by atoms with Crippen molar-refractivity contribution in [3.05, 3.63) is 28.8 Å². The Morgan fingerprint density at radius 1 is 1.21 bits per heavy atom. The second-order valence-corrected chi connectivity index (χ2v) is 5.10. The van der Waals surface area contributed by atoms with E-state index in [2.05, 4.69) is 5.32 Å². The highest BCUT2D eigenvalue weighted by Crippen LogP contribution is 2.33. The number of nitrogens with one attached hydrogen (secondary N) is 1. The highest BCUT2D eigenvalue weighted by Gasteiger charge is 2.31. The van der Waals surface area contributed by atoms with E-state index in [-0.39, 0.29) is 5.02 Å². The van der Waals surface area contributed by atoms with E-state index in [0.29, 0.717) is 18.2 Å². The average Bonchev–Trinajstić information content (AvgIpc) is 2.36. The van der Waals surface area contributed by atoms with E-state index in [9.17, 15) is 13.2 Å². The topological polar surface area (TPSA) is 21.3 Å². The molecule has 0 atom stereocenters. The molecule has 1 aliphatic rings. The summed E-state index contributed by atoms with van der Waals surface area (Å²) in [6.07, 6.45) is -2.51. The van der Waals surface area contributed by atoms with Crippen molar-refractivity contribution in [2.45, 2.75) is 19.0 Å². The van der Waals surface area contributed by atoms with Gasteiger partial charge in [-0.3, -0.25) is 0 Å². The number of rotatable bonds is 3. The van der Waals surface area contributed by atoms with E-state index >= 15 is 0 Å². The molecule has 19 heavy (non-hydrogen) atoms. The van der Waals surface area contributed by atoms with E-state index in [1.807, 2.05) is 0 Å². The van der Waals surface area contributed by atoms with Gasteiger partial charge in [0.25, 0.3) is 0 Å². The minimum absolute atomic E-state index is 0.0873. The van der Waals surface area contributed by atoms with Crippen LogP contribution >= 0.6 is 11.6 Å². The lowest BCUT2D eigenvalue weighted by molar-refractivity contribution is -0.137. The second-order valence-electron chi connectivity index (χ2n) is 4.66. The van der Waals surface area contributed by atoms with Crippen LogP contribution in [0.1, 0.15) is 18.4 Å². The molecule has 1 aromatic rings. The number of hydrogen-bond acceptors (Lipinski definition) is 2. The van der Waals surface area contributed by atoms with Gasteiger partial charge in [-0.1, -0.05) is 11.6 Å². The van der Waals surface area contributed by atoms with Crippen molar-refractivity contribution in [3.8, 4) is 0 Å². The Hall–Kier alpha value is -0.940. The summed E-state index contributed by atoms with van der Waals surface area (Å²) in [7, 11) is 0. The summed E-state index contributed by atoms with van der Waals surface area (Å²) >= 11 is 5.72. The lowest BCUT2D eigenvalue weighted by Crippen LogP contribution is -2.22. The molecule has 0 bridgehead atoms. The summed E-state index contributed by atoms with van der Waals surface area (Å²) in [6.45, 7) is 2.08. The van der Waals surface area contributed by atoms with E-state index in [1.54, 1.807) is 0 Å². The molecule has 0 aromatic heterocycles. The Bertz CT molecular complexity index is 430. The SMILES string of the molecule is FC(F)(F)c1cc(Cl)cc(NCC2CCOCC2)c1. The molecule has 0 amide bonds. The average molecular weight is 294 g/mol. The number of hydrogen-bond donors (Lipinski definition) is 1. The molecule has 1 aliphatic heterocycles. The van der Waals surface area contributed by atoms with Crippen LogP contribution in [0.4, 0.5) is 18.9 Å². The van der Waals surface area contributed by atoms with Crippen LogP contribution in [0, 0.1) is 5.92 Å². The van der Waals surface area contributed by atoms with Crippen LogP contribution in [0.15, 0.2) is 18.2 Å². The first-order valence-corrected chi connectivity index (χ1v) is 6.52. The van der Waals surface area contributed by atoms with Crippen molar-refractivity contribution in [2.75, 3.05) is 25.1 Å². The molecule has 1 fully saturated rings. The highest BCUT2D eigenvalue weighted by atomic mass is 35.5. The maximum Gasteiger partial charge on any atom is 0.416 e. The van der Waals surface area contributed by atoms with Crippen molar-refractivity contribution in [1.29, 1.82) is 0 Å². The smallest absolute Gasteiger partial charge is 0.385 e. The lowest BCUT2D eigenvalue weighted by atomic mass is 10.0. The Balaban J connectivity index is 2.01. The summed E-state index contributed by atoms with van der Waals surface area (Å²) in [5.74, 6) is 0.432. The number of ether oxygens (including phenoxy) is 1. The predicted molar refractivity (Wildman–Crippen MR) is 68.5 cm³/mol. The van der Waals surface area contributed by atoms with E-state index in [0.717, 1.165) is 38.2 Å². The van der Waals surface area contributed by atoms with Crippen LogP contribution in [0.2, 0.25) is 5.02 Å². The molecule has 0 unspecified atom stereocenters. The van der Waals surface area contributed by atoms with Crippen molar-refractivity contribution in [2.24, 2.45) is 5.92 Å². The predicted octanol–water partition coefficient (Wildman–Crippen LogP) is 4.20. The normalized spacial score (nSPS) is 17.5. The molecule has 0 spiro atoms. The molecule has 1 aromatic carbocycles. The summed E-state index contributed by atoms with van der Waals surface area (Å²) in [6, 6.07) is 3.53. The first kappa shape index (κ1) is 14.5. The van der Waals surface area contributed by atoms with Crippen LogP contribution in [0.5, 0.6) is 0 Å². The maximum atomic E-state index is 12.6. The fourth-order valence-electron chi connectivity index (χ4n) is 2.07. The van der Waals surface area contributed by atoms with Crippen LogP contribution in [-0.2, 0) is 10.9 Å². The number of alkyl halides is 3. The lowest BCUT2D eigenvalue weighted by Gasteiger charge is -2.23. The number of benzene rings is 1. The van der Waals surface area contributed by atoms with Gasteiger partial charge in [-0.15, -0.1) is 0 Å². The molecule has 1 saturated heterocycles. The number of anilines is 1. The largest absolute Gasteiger partial charge is 0.416 e. The van der Waals surface area contributed by atoms with Crippen LogP contribution in [0.25, 0.3) is 0 Å². The van der Waals surface area contributed by atoms with Crippen LogP contribution in [-0.4, -0.2) is 19.8 Å². The Labute approximate surface area is 114 Å². The standard InChI is InChI=1S/C13H15ClF3NO/c14-11-5-10(13(15,16)17)6-12(7-11)18-8-9-1-3-19-4-2-9/h5-7,9,18H,1-4,8H2. The molecule has 106 valence electrons. The molecule has 0 aliphatic carbocycles. The highest BCUT2D eigenvalue weighted by molar-refractivity contribution is 6.30. The summed E-state index contributed by atoms with van der Waals surface area (Å²) in [5, 5.41) is 3.12. The fourth-order valence-corrected chi connectivity index (χ4v) is 2.30. The minimum Gasteiger partial charge on any atom is -0.385 e. The van der Waals surface area contributed by atoms with E-state index < -0.39 is 11.7 Å². The minimum atomic E-state index is -4.37. The molecule has 2 rings (SSSR count). The Morgan fingerprint density at radius 3 is 2.53 bits per heavy atom. The molecule has 6 heteroatoms. The van der Waals surface area contributed by atoms with Crippen molar-refractivity contribution >= 4 is 17.3 Å². The van der Waals surface area contributed by atoms with Crippen LogP contribution in [0.3, 0.4) is 0 Å². The zero-order valence-corrected chi connectivity index (χ0v) is 11.0. The molecule has 0 saturated carbocycles. The van der Waals surface area contributed by atoms with Crippen molar-refractivity contribution < 1.29 is 17.9 Å². The van der Waals surface area contributed by atoms with E-state index in [4.69, 9.17) is 16.3 Å². The van der Waals surface area contributed by atoms with Gasteiger partial charge in [0, 0.05) is 30.5 Å². The van der Waals surface area contributed by atoms with Gasteiger partial charge in [-0.05, 0) is 37.0 Å². The van der Waals surface area contributed by atoms with Gasteiger partial charge in [-0.2, -0.15) is 13.2 Å². The first-order chi connectivity index (χ1) is 8.95. The van der Waals surface area contributed by atoms with Crippen LogP contribution < -0.4 is 5.32 Å². The van der Waals surface area contributed by atoms with Gasteiger partial charge >= 0.3 is 6.18 Å². The van der Waals surface area contributed by atoms with Gasteiger partial charge in [-0.25, -0.2) is 0 Å². The quantitative estimate of drug-likeness (QED) is 0.902. The third-order valence-corrected chi connectivity index (χ3v) is 3.38. The zero-order valence-electron chi connectivity index (χ0n) is 10.3. The summed E-state index contributed by atoms with van der Waals surface area (Å²) < 4.78 is 43.2. The summed E-state index contributed by atoms with van der Waals surface area (Å²) in [5.41, 5.74) is -0.319. The molecular weight excluding hydrogens is 279 g/mol. The number of halogens is 4. The summed E-state index contributed by atoms with van der Waals surface area (Å²) in [4.78, 5) is 0. The maximum absolute atomic E-state index is 12.6. The molecule has 1 N–H and O–H groups in total. The van der Waals surface area contributed by atoms with Crippen molar-refractivity contribution in [1.82, 2.24) is 0 Å². The van der Waals surface area contributed by atoms with Gasteiger partial charge < -0.3 is 10.1 Å². The molecular formula is C13H15ClF3NO. The molecule has 2 nitrogen and oxygen atoms in total. The zero-order chi connectivity index (χ0) is 13.9. The Kier molecular flexibility index (Phi) is 4.58. The van der Waals surface area contributed by atoms with Crippen molar-refractivity contribution in [3.63, 3.8) is 0 Å². The van der Waals surface area contributed by atoms with Gasteiger partial charge in [0.1, 0.15) is 0 Å². The second kappa shape index (κ2) is 6.01. The third-order valence-electron chi connectivity index (χ3n) is 3.16. The van der Waals surface area contributed by atoms with Gasteiger partial charge in [0.15, 0.2) is 0 Å². The fraction of sp³-hybridized carbons (Fsp3) is 0.538.